The molecule has 0 aliphatic heterocycles. The maximum absolute atomic E-state index is 11.6. The summed E-state index contributed by atoms with van der Waals surface area (Å²) in [6, 6.07) is 0. The normalized spacial score (nSPS) is 15.3. The van der Waals surface area contributed by atoms with Crippen molar-refractivity contribution in [2.45, 2.75) is 26.4 Å². The van der Waals surface area contributed by atoms with Gasteiger partial charge in [0.1, 0.15) is 0 Å². The number of primary amides is 1. The highest BCUT2D eigenvalue weighted by molar-refractivity contribution is 5.88. The van der Waals surface area contributed by atoms with E-state index in [1.54, 1.807) is 20.8 Å². The van der Waals surface area contributed by atoms with E-state index >= 15 is 0 Å². The second kappa shape index (κ2) is 4.48. The number of hydrogen-bond donors (Lipinski definition) is 3. The first kappa shape index (κ1) is 13.7. The number of ether oxygens (including phenoxy) is 1. The van der Waals surface area contributed by atoms with E-state index in [1.165, 1.54) is 7.05 Å². The third-order valence-corrected chi connectivity index (χ3v) is 2.30. The summed E-state index contributed by atoms with van der Waals surface area (Å²) in [7, 11) is 1.39. The van der Waals surface area contributed by atoms with Crippen LogP contribution in [0.15, 0.2) is 0 Å². The van der Waals surface area contributed by atoms with Crippen molar-refractivity contribution in [1.82, 2.24) is 5.32 Å². The Morgan fingerprint density at radius 3 is 2.07 bits per heavy atom. The molecule has 0 aromatic carbocycles. The minimum atomic E-state index is -1.66. The monoisotopic (exact) mass is 218 g/mol. The summed E-state index contributed by atoms with van der Waals surface area (Å²) in [5.74, 6) is -0.587. The minimum absolute atomic E-state index is 0.587. The van der Waals surface area contributed by atoms with Crippen LogP contribution in [0, 0.1) is 5.41 Å². The number of carbonyl (C=O) groups is 2. The zero-order valence-corrected chi connectivity index (χ0v) is 9.46. The molecule has 0 aliphatic rings. The second-order valence-corrected chi connectivity index (χ2v) is 4.24. The van der Waals surface area contributed by atoms with Crippen molar-refractivity contribution in [3.8, 4) is 0 Å². The van der Waals surface area contributed by atoms with Gasteiger partial charge in [-0.1, -0.05) is 20.8 Å². The van der Waals surface area contributed by atoms with E-state index in [-0.39, 0.29) is 0 Å². The number of hydrogen-bond acceptors (Lipinski definition) is 4. The fraction of sp³-hybridized carbons (Fsp3) is 0.778. The van der Waals surface area contributed by atoms with Gasteiger partial charge >= 0.3 is 6.09 Å². The molecule has 0 aromatic rings. The van der Waals surface area contributed by atoms with Gasteiger partial charge in [0.05, 0.1) is 6.61 Å². The molecule has 0 fully saturated rings. The summed E-state index contributed by atoms with van der Waals surface area (Å²) in [4.78, 5) is 22.4. The van der Waals surface area contributed by atoms with Gasteiger partial charge in [-0.15, -0.1) is 0 Å². The number of aliphatic hydroxyl groups excluding tert-OH is 1. The van der Waals surface area contributed by atoms with Crippen LogP contribution in [0.1, 0.15) is 20.8 Å². The van der Waals surface area contributed by atoms with Gasteiger partial charge in [0.25, 0.3) is 5.91 Å². The van der Waals surface area contributed by atoms with Crippen molar-refractivity contribution in [3.63, 3.8) is 0 Å². The van der Waals surface area contributed by atoms with Crippen molar-refractivity contribution in [2.24, 2.45) is 11.1 Å². The fourth-order valence-electron chi connectivity index (χ4n) is 1.25. The number of aliphatic hydroxyl groups is 1. The van der Waals surface area contributed by atoms with E-state index in [0.717, 1.165) is 0 Å². The number of nitrogens with one attached hydrogen (secondary N) is 1. The molecule has 88 valence electrons. The number of carbonyl (C=O) groups excluding carboxylic acids is 2. The summed E-state index contributed by atoms with van der Waals surface area (Å²) in [5, 5.41) is 11.6. The topological polar surface area (TPSA) is 102 Å². The lowest BCUT2D eigenvalue weighted by atomic mass is 9.76. The molecule has 0 saturated carbocycles. The van der Waals surface area contributed by atoms with Gasteiger partial charge < -0.3 is 20.9 Å². The summed E-state index contributed by atoms with van der Waals surface area (Å²) in [6.07, 6.45) is -1.09. The molecule has 1 atom stereocenters. The van der Waals surface area contributed by atoms with Crippen molar-refractivity contribution in [3.05, 3.63) is 0 Å². The third kappa shape index (κ3) is 2.59. The van der Waals surface area contributed by atoms with Gasteiger partial charge in [0, 0.05) is 12.5 Å². The van der Waals surface area contributed by atoms with Crippen molar-refractivity contribution >= 4 is 12.0 Å². The van der Waals surface area contributed by atoms with Gasteiger partial charge in [-0.3, -0.25) is 4.79 Å². The zero-order chi connectivity index (χ0) is 12.3. The lowest BCUT2D eigenvalue weighted by Crippen LogP contribution is -2.60. The average molecular weight is 218 g/mol. The predicted octanol–water partition coefficient (Wildman–Crippen LogP) is -0.395. The molecule has 2 amide bonds. The quantitative estimate of drug-likeness (QED) is 0.600. The molecule has 1 unspecified atom stereocenters. The summed E-state index contributed by atoms with van der Waals surface area (Å²) < 4.78 is 4.78. The lowest BCUT2D eigenvalue weighted by molar-refractivity contribution is -0.158. The molecule has 6 nitrogen and oxygen atoms in total. The van der Waals surface area contributed by atoms with E-state index in [0.29, 0.717) is 0 Å². The Balaban J connectivity index is 5.30. The van der Waals surface area contributed by atoms with Crippen LogP contribution < -0.4 is 11.1 Å². The van der Waals surface area contributed by atoms with Gasteiger partial charge in [-0.2, -0.15) is 0 Å². The first-order valence-electron chi connectivity index (χ1n) is 4.52. The van der Waals surface area contributed by atoms with E-state index in [9.17, 15) is 14.7 Å². The molecule has 0 spiro atoms. The van der Waals surface area contributed by atoms with Crippen LogP contribution in [-0.4, -0.2) is 36.4 Å². The van der Waals surface area contributed by atoms with Crippen molar-refractivity contribution in [1.29, 1.82) is 0 Å². The van der Waals surface area contributed by atoms with Gasteiger partial charge in [-0.25, -0.2) is 4.79 Å². The highest BCUT2D eigenvalue weighted by Gasteiger charge is 2.51. The largest absolute Gasteiger partial charge is 0.430 e. The van der Waals surface area contributed by atoms with Crippen LogP contribution in [0.5, 0.6) is 0 Å². The van der Waals surface area contributed by atoms with Gasteiger partial charge in [0.2, 0.25) is 5.60 Å². The Labute approximate surface area is 88.8 Å². The molecule has 0 bridgehead atoms. The Hall–Kier alpha value is -1.30. The van der Waals surface area contributed by atoms with E-state index < -0.39 is 29.6 Å². The van der Waals surface area contributed by atoms with E-state index in [2.05, 4.69) is 5.32 Å². The molecule has 15 heavy (non-hydrogen) atoms. The Morgan fingerprint density at radius 2 is 1.87 bits per heavy atom. The van der Waals surface area contributed by atoms with E-state index in [4.69, 9.17) is 10.5 Å². The van der Waals surface area contributed by atoms with Crippen molar-refractivity contribution in [2.75, 3.05) is 13.7 Å². The number of amides is 2. The predicted molar refractivity (Wildman–Crippen MR) is 54.0 cm³/mol. The van der Waals surface area contributed by atoms with Crippen LogP contribution in [0.25, 0.3) is 0 Å². The molecule has 0 heterocycles. The minimum Gasteiger partial charge on any atom is -0.430 e. The number of likely N-dealkylation sites (N-methyl/N-ethyl adjacent to an activating group) is 1. The van der Waals surface area contributed by atoms with Crippen molar-refractivity contribution < 1.29 is 19.4 Å². The summed E-state index contributed by atoms with van der Waals surface area (Å²) in [5.41, 5.74) is 2.46. The van der Waals surface area contributed by atoms with Gasteiger partial charge in [-0.05, 0) is 0 Å². The van der Waals surface area contributed by atoms with Crippen LogP contribution in [0.2, 0.25) is 0 Å². The van der Waals surface area contributed by atoms with Crippen LogP contribution in [0.4, 0.5) is 4.79 Å². The molecular weight excluding hydrogens is 200 g/mol. The second-order valence-electron chi connectivity index (χ2n) is 4.24. The van der Waals surface area contributed by atoms with Crippen LogP contribution in [0.3, 0.4) is 0 Å². The van der Waals surface area contributed by atoms with E-state index in [1.807, 2.05) is 0 Å². The van der Waals surface area contributed by atoms with Crippen LogP contribution >= 0.6 is 0 Å². The maximum atomic E-state index is 11.6. The Kier molecular flexibility index (Phi) is 4.09. The molecule has 0 saturated heterocycles. The SMILES string of the molecule is CNC(=O)C(CO)(OC(N)=O)C(C)(C)C. The lowest BCUT2D eigenvalue weighted by Gasteiger charge is -2.39. The Morgan fingerprint density at radius 1 is 1.40 bits per heavy atom. The highest BCUT2D eigenvalue weighted by atomic mass is 16.6. The first-order valence-corrected chi connectivity index (χ1v) is 4.52. The summed E-state index contributed by atoms with van der Waals surface area (Å²) >= 11 is 0. The summed E-state index contributed by atoms with van der Waals surface area (Å²) in [6.45, 7) is 4.38. The first-order chi connectivity index (χ1) is 6.71. The molecular formula is C9H18N2O4. The number of rotatable bonds is 3. The van der Waals surface area contributed by atoms with Crippen LogP contribution in [-0.2, 0) is 9.53 Å². The third-order valence-electron chi connectivity index (χ3n) is 2.30. The molecule has 4 N–H and O–H groups in total. The number of nitrogens with two attached hydrogens (primary N) is 1. The zero-order valence-electron chi connectivity index (χ0n) is 9.46. The molecule has 0 rings (SSSR count). The highest BCUT2D eigenvalue weighted by Crippen LogP contribution is 2.33. The van der Waals surface area contributed by atoms with Gasteiger partial charge in [0.15, 0.2) is 0 Å². The fourth-order valence-corrected chi connectivity index (χ4v) is 1.25. The maximum Gasteiger partial charge on any atom is 0.405 e. The smallest absolute Gasteiger partial charge is 0.405 e. The average Bonchev–Trinajstić information content (AvgIpc) is 2.10. The molecule has 6 heteroatoms. The Bertz CT molecular complexity index is 259. The molecule has 0 radical (unpaired) electrons. The molecule has 0 aliphatic carbocycles. The standard InChI is InChI=1S/C9H18N2O4/c1-8(2,3)9(5-12,6(13)11-4)15-7(10)14/h12H,5H2,1-4H3,(H2,10,14)(H,11,13). The molecule has 0 aromatic heterocycles.